The van der Waals surface area contributed by atoms with Gasteiger partial charge in [0.25, 0.3) is 0 Å². The Hall–Kier alpha value is -0.900. The second-order valence-electron chi connectivity index (χ2n) is 3.24. The Labute approximate surface area is 97.7 Å². The third-order valence-electron chi connectivity index (χ3n) is 2.07. The van der Waals surface area contributed by atoms with Crippen molar-refractivity contribution in [2.75, 3.05) is 0 Å². The van der Waals surface area contributed by atoms with Gasteiger partial charge < -0.3 is 5.73 Å². The fraction of sp³-hybridized carbons (Fsp3) is 0.182. The number of thiazole rings is 1. The van der Waals surface area contributed by atoms with Crippen molar-refractivity contribution in [1.82, 2.24) is 4.98 Å². The molecule has 2 N–H and O–H groups in total. The fourth-order valence-corrected chi connectivity index (χ4v) is 2.14. The summed E-state index contributed by atoms with van der Waals surface area (Å²) in [5.74, 6) is 0. The lowest BCUT2D eigenvalue weighted by molar-refractivity contribution is 0.995. The molecule has 78 valence electrons. The summed E-state index contributed by atoms with van der Waals surface area (Å²) in [6.07, 6.45) is 0.841. The minimum absolute atomic E-state index is 0.519. The molecule has 0 bridgehead atoms. The van der Waals surface area contributed by atoms with Gasteiger partial charge in [0.05, 0.1) is 5.69 Å². The Kier molecular flexibility index (Phi) is 3.36. The van der Waals surface area contributed by atoms with Gasteiger partial charge in [0.15, 0.2) is 0 Å². The first kappa shape index (κ1) is 10.6. The SMILES string of the molecule is NCc1nc(Cc2ccc(Cl)cc2)cs1. The summed E-state index contributed by atoms with van der Waals surface area (Å²) < 4.78 is 0. The minimum Gasteiger partial charge on any atom is -0.325 e. The van der Waals surface area contributed by atoms with E-state index in [-0.39, 0.29) is 0 Å². The Morgan fingerprint density at radius 1 is 1.27 bits per heavy atom. The van der Waals surface area contributed by atoms with Crippen LogP contribution in [-0.4, -0.2) is 4.98 Å². The van der Waals surface area contributed by atoms with Crippen LogP contribution < -0.4 is 5.73 Å². The third-order valence-corrected chi connectivity index (χ3v) is 3.24. The molecule has 0 aliphatic heterocycles. The molecular weight excluding hydrogens is 228 g/mol. The number of benzene rings is 1. The lowest BCUT2D eigenvalue weighted by Gasteiger charge is -1.97. The van der Waals surface area contributed by atoms with Crippen molar-refractivity contribution >= 4 is 22.9 Å². The zero-order chi connectivity index (χ0) is 10.7. The zero-order valence-electron chi connectivity index (χ0n) is 8.11. The highest BCUT2D eigenvalue weighted by Crippen LogP contribution is 2.15. The Morgan fingerprint density at radius 2 is 2.00 bits per heavy atom. The Balaban J connectivity index is 2.11. The molecule has 0 amide bonds. The molecular formula is C11H11ClN2S. The molecule has 0 aliphatic carbocycles. The molecule has 0 spiro atoms. The maximum atomic E-state index is 5.81. The van der Waals surface area contributed by atoms with Crippen molar-refractivity contribution in [2.45, 2.75) is 13.0 Å². The van der Waals surface area contributed by atoms with E-state index in [1.54, 1.807) is 11.3 Å². The van der Waals surface area contributed by atoms with Gasteiger partial charge in [0.2, 0.25) is 0 Å². The van der Waals surface area contributed by atoms with E-state index in [4.69, 9.17) is 17.3 Å². The first-order chi connectivity index (χ1) is 7.28. The van der Waals surface area contributed by atoms with E-state index in [0.717, 1.165) is 22.1 Å². The van der Waals surface area contributed by atoms with Crippen molar-refractivity contribution < 1.29 is 0 Å². The smallest absolute Gasteiger partial charge is 0.106 e. The van der Waals surface area contributed by atoms with Crippen LogP contribution in [0.25, 0.3) is 0 Å². The van der Waals surface area contributed by atoms with E-state index in [1.165, 1.54) is 5.56 Å². The Bertz CT molecular complexity index is 436. The predicted octanol–water partition coefficient (Wildman–Crippen LogP) is 2.85. The molecule has 0 radical (unpaired) electrons. The van der Waals surface area contributed by atoms with Crippen LogP contribution in [0.5, 0.6) is 0 Å². The van der Waals surface area contributed by atoms with E-state index in [9.17, 15) is 0 Å². The summed E-state index contributed by atoms with van der Waals surface area (Å²) in [5.41, 5.74) is 7.79. The monoisotopic (exact) mass is 238 g/mol. The molecule has 0 aliphatic rings. The van der Waals surface area contributed by atoms with E-state index in [2.05, 4.69) is 10.4 Å². The summed E-state index contributed by atoms with van der Waals surface area (Å²) in [5, 5.41) is 3.80. The van der Waals surface area contributed by atoms with E-state index < -0.39 is 0 Å². The molecule has 1 aromatic heterocycles. The second-order valence-corrected chi connectivity index (χ2v) is 4.62. The molecule has 1 aromatic carbocycles. The van der Waals surface area contributed by atoms with Crippen molar-refractivity contribution in [1.29, 1.82) is 0 Å². The van der Waals surface area contributed by atoms with Crippen LogP contribution in [0.15, 0.2) is 29.6 Å². The van der Waals surface area contributed by atoms with Gasteiger partial charge in [-0.15, -0.1) is 11.3 Å². The largest absolute Gasteiger partial charge is 0.325 e. The first-order valence-corrected chi connectivity index (χ1v) is 5.91. The number of rotatable bonds is 3. The maximum absolute atomic E-state index is 5.81. The van der Waals surface area contributed by atoms with Gasteiger partial charge in [0.1, 0.15) is 5.01 Å². The molecule has 4 heteroatoms. The molecule has 1 heterocycles. The Morgan fingerprint density at radius 3 is 2.60 bits per heavy atom. The van der Waals surface area contributed by atoms with E-state index in [0.29, 0.717) is 6.54 Å². The number of nitrogens with zero attached hydrogens (tertiary/aromatic N) is 1. The van der Waals surface area contributed by atoms with Gasteiger partial charge in [-0.25, -0.2) is 4.98 Å². The molecule has 2 aromatic rings. The highest BCUT2D eigenvalue weighted by molar-refractivity contribution is 7.09. The van der Waals surface area contributed by atoms with Crippen LogP contribution in [0, 0.1) is 0 Å². The van der Waals surface area contributed by atoms with Crippen molar-refractivity contribution in [2.24, 2.45) is 5.73 Å². The van der Waals surface area contributed by atoms with E-state index >= 15 is 0 Å². The first-order valence-electron chi connectivity index (χ1n) is 4.65. The zero-order valence-corrected chi connectivity index (χ0v) is 9.68. The second kappa shape index (κ2) is 4.75. The van der Waals surface area contributed by atoms with Crippen LogP contribution in [0.3, 0.4) is 0 Å². The molecule has 0 fully saturated rings. The summed E-state index contributed by atoms with van der Waals surface area (Å²) in [4.78, 5) is 4.41. The van der Waals surface area contributed by atoms with Crippen molar-refractivity contribution in [3.05, 3.63) is 50.9 Å². The van der Waals surface area contributed by atoms with Crippen LogP contribution in [0.1, 0.15) is 16.3 Å². The molecule has 0 saturated carbocycles. The van der Waals surface area contributed by atoms with Gasteiger partial charge in [-0.3, -0.25) is 0 Å². The minimum atomic E-state index is 0.519. The number of halogens is 1. The summed E-state index contributed by atoms with van der Waals surface area (Å²) in [6, 6.07) is 7.83. The number of hydrogen-bond acceptors (Lipinski definition) is 3. The average molecular weight is 239 g/mol. The standard InChI is InChI=1S/C11H11ClN2S/c12-9-3-1-8(2-4-9)5-10-7-15-11(6-13)14-10/h1-4,7H,5-6,13H2. The van der Waals surface area contributed by atoms with Gasteiger partial charge in [-0.1, -0.05) is 23.7 Å². The van der Waals surface area contributed by atoms with Crippen LogP contribution in [-0.2, 0) is 13.0 Å². The maximum Gasteiger partial charge on any atom is 0.106 e. The fourth-order valence-electron chi connectivity index (χ4n) is 1.34. The van der Waals surface area contributed by atoms with E-state index in [1.807, 2.05) is 24.3 Å². The lowest BCUT2D eigenvalue weighted by atomic mass is 10.1. The topological polar surface area (TPSA) is 38.9 Å². The molecule has 2 nitrogen and oxygen atoms in total. The van der Waals surface area contributed by atoms with Crippen LogP contribution >= 0.6 is 22.9 Å². The van der Waals surface area contributed by atoms with Crippen molar-refractivity contribution in [3.63, 3.8) is 0 Å². The highest BCUT2D eigenvalue weighted by Gasteiger charge is 2.01. The van der Waals surface area contributed by atoms with Crippen molar-refractivity contribution in [3.8, 4) is 0 Å². The molecule has 2 rings (SSSR count). The normalized spacial score (nSPS) is 10.5. The predicted molar refractivity (Wildman–Crippen MR) is 64.3 cm³/mol. The molecule has 0 atom stereocenters. The van der Waals surface area contributed by atoms with Crippen LogP contribution in [0.2, 0.25) is 5.02 Å². The lowest BCUT2D eigenvalue weighted by Crippen LogP contribution is -1.96. The van der Waals surface area contributed by atoms with Gasteiger partial charge in [-0.2, -0.15) is 0 Å². The number of nitrogens with two attached hydrogens (primary N) is 1. The van der Waals surface area contributed by atoms with Gasteiger partial charge in [0, 0.05) is 23.4 Å². The summed E-state index contributed by atoms with van der Waals surface area (Å²) >= 11 is 7.42. The van der Waals surface area contributed by atoms with Gasteiger partial charge >= 0.3 is 0 Å². The quantitative estimate of drug-likeness (QED) is 0.893. The number of hydrogen-bond donors (Lipinski definition) is 1. The summed E-state index contributed by atoms with van der Waals surface area (Å²) in [6.45, 7) is 0.519. The summed E-state index contributed by atoms with van der Waals surface area (Å²) in [7, 11) is 0. The highest BCUT2D eigenvalue weighted by atomic mass is 35.5. The van der Waals surface area contributed by atoms with Gasteiger partial charge in [-0.05, 0) is 17.7 Å². The number of aromatic nitrogens is 1. The average Bonchev–Trinajstić information content (AvgIpc) is 2.69. The molecule has 15 heavy (non-hydrogen) atoms. The van der Waals surface area contributed by atoms with Crippen LogP contribution in [0.4, 0.5) is 0 Å². The molecule has 0 saturated heterocycles. The third kappa shape index (κ3) is 2.78. The molecule has 0 unspecified atom stereocenters.